The van der Waals surface area contributed by atoms with Crippen LogP contribution in [0, 0.1) is 0 Å². The van der Waals surface area contributed by atoms with E-state index in [1.165, 1.54) is 0 Å². The highest BCUT2D eigenvalue weighted by atomic mass is 16.3. The maximum atomic E-state index is 10.2. The van der Waals surface area contributed by atoms with Crippen LogP contribution in [0.4, 0.5) is 0 Å². The highest BCUT2D eigenvalue weighted by Crippen LogP contribution is 2.21. The molecule has 5 nitrogen and oxygen atoms in total. The lowest BCUT2D eigenvalue weighted by atomic mass is 10.0. The summed E-state index contributed by atoms with van der Waals surface area (Å²) in [6.45, 7) is 3.19. The van der Waals surface area contributed by atoms with Crippen molar-refractivity contribution in [3.63, 3.8) is 0 Å². The molecule has 0 saturated carbocycles. The van der Waals surface area contributed by atoms with Crippen molar-refractivity contribution >= 4 is 0 Å². The highest BCUT2D eigenvalue weighted by Gasteiger charge is 2.25. The summed E-state index contributed by atoms with van der Waals surface area (Å²) in [6, 6.07) is 2.30. The van der Waals surface area contributed by atoms with Crippen LogP contribution in [-0.2, 0) is 7.05 Å². The molecule has 2 unspecified atom stereocenters. The van der Waals surface area contributed by atoms with E-state index in [0.717, 1.165) is 31.7 Å². The van der Waals surface area contributed by atoms with Gasteiger partial charge >= 0.3 is 0 Å². The Balaban J connectivity index is 1.98. The summed E-state index contributed by atoms with van der Waals surface area (Å²) < 4.78 is 1.75. The Kier molecular flexibility index (Phi) is 3.81. The van der Waals surface area contributed by atoms with Gasteiger partial charge in [0, 0.05) is 38.9 Å². The van der Waals surface area contributed by atoms with Crippen LogP contribution >= 0.6 is 0 Å². The van der Waals surface area contributed by atoms with Crippen LogP contribution in [0.15, 0.2) is 12.3 Å². The van der Waals surface area contributed by atoms with Gasteiger partial charge in [-0.05, 0) is 26.6 Å². The first-order valence-corrected chi connectivity index (χ1v) is 6.12. The number of aliphatic hydroxyl groups excluding tert-OH is 1. The molecule has 0 radical (unpaired) electrons. The van der Waals surface area contributed by atoms with Gasteiger partial charge in [0.25, 0.3) is 0 Å². The van der Waals surface area contributed by atoms with Gasteiger partial charge in [-0.25, -0.2) is 0 Å². The van der Waals surface area contributed by atoms with E-state index in [-0.39, 0.29) is 0 Å². The smallest absolute Gasteiger partial charge is 0.0971 e. The largest absolute Gasteiger partial charge is 0.387 e. The summed E-state index contributed by atoms with van der Waals surface area (Å²) in [4.78, 5) is 4.65. The zero-order chi connectivity index (χ0) is 12.4. The average molecular weight is 238 g/mol. The SMILES string of the molecule is CN1CCN(C)C(CC(O)c2ccnn2C)C1. The van der Waals surface area contributed by atoms with Gasteiger partial charge in [-0.3, -0.25) is 4.68 Å². The molecule has 0 spiro atoms. The molecule has 5 heteroatoms. The van der Waals surface area contributed by atoms with Crippen LogP contribution in [0.1, 0.15) is 18.2 Å². The number of aromatic nitrogens is 2. The normalized spacial score (nSPS) is 25.1. The summed E-state index contributed by atoms with van der Waals surface area (Å²) in [7, 11) is 6.14. The number of nitrogens with zero attached hydrogens (tertiary/aromatic N) is 4. The van der Waals surface area contributed by atoms with Gasteiger partial charge in [-0.15, -0.1) is 0 Å². The molecule has 1 aromatic heterocycles. The average Bonchev–Trinajstić information content (AvgIpc) is 2.70. The van der Waals surface area contributed by atoms with Crippen molar-refractivity contribution in [2.75, 3.05) is 33.7 Å². The Hall–Kier alpha value is -0.910. The van der Waals surface area contributed by atoms with Crippen molar-refractivity contribution in [3.05, 3.63) is 18.0 Å². The molecule has 0 amide bonds. The molecule has 0 aliphatic carbocycles. The summed E-state index contributed by atoms with van der Waals surface area (Å²) in [5.74, 6) is 0. The van der Waals surface area contributed by atoms with Gasteiger partial charge in [0.1, 0.15) is 0 Å². The Labute approximate surface area is 103 Å². The molecule has 1 aromatic rings. The third-order valence-corrected chi connectivity index (χ3v) is 3.68. The van der Waals surface area contributed by atoms with Gasteiger partial charge in [0.15, 0.2) is 0 Å². The quantitative estimate of drug-likeness (QED) is 0.810. The Morgan fingerprint density at radius 3 is 2.82 bits per heavy atom. The Morgan fingerprint density at radius 2 is 2.18 bits per heavy atom. The lowest BCUT2D eigenvalue weighted by molar-refractivity contribution is 0.0605. The fourth-order valence-electron chi connectivity index (χ4n) is 2.45. The van der Waals surface area contributed by atoms with Crippen LogP contribution < -0.4 is 0 Å². The molecule has 1 aliphatic rings. The van der Waals surface area contributed by atoms with Crippen LogP contribution in [-0.4, -0.2) is 64.5 Å². The van der Waals surface area contributed by atoms with E-state index in [1.807, 2.05) is 13.1 Å². The second kappa shape index (κ2) is 5.16. The van der Waals surface area contributed by atoms with E-state index in [1.54, 1.807) is 10.9 Å². The van der Waals surface area contributed by atoms with Gasteiger partial charge in [0.05, 0.1) is 11.8 Å². The van der Waals surface area contributed by atoms with Crippen molar-refractivity contribution in [1.29, 1.82) is 0 Å². The number of aryl methyl sites for hydroxylation is 1. The lowest BCUT2D eigenvalue weighted by Gasteiger charge is -2.38. The van der Waals surface area contributed by atoms with Gasteiger partial charge in [-0.2, -0.15) is 5.10 Å². The second-order valence-electron chi connectivity index (χ2n) is 5.03. The third kappa shape index (κ3) is 2.86. The number of hydrogen-bond acceptors (Lipinski definition) is 4. The molecule has 0 bridgehead atoms. The van der Waals surface area contributed by atoms with E-state index in [0.29, 0.717) is 6.04 Å². The molecular weight excluding hydrogens is 216 g/mol. The molecule has 1 fully saturated rings. The molecule has 1 saturated heterocycles. The van der Waals surface area contributed by atoms with Crippen LogP contribution in [0.25, 0.3) is 0 Å². The summed E-state index contributed by atoms with van der Waals surface area (Å²) in [5.41, 5.74) is 0.895. The van der Waals surface area contributed by atoms with E-state index in [2.05, 4.69) is 29.0 Å². The zero-order valence-corrected chi connectivity index (χ0v) is 10.9. The minimum atomic E-state index is -0.429. The summed E-state index contributed by atoms with van der Waals surface area (Å²) in [5, 5.41) is 14.3. The van der Waals surface area contributed by atoms with Crippen LogP contribution in [0.3, 0.4) is 0 Å². The van der Waals surface area contributed by atoms with E-state index in [9.17, 15) is 5.11 Å². The number of likely N-dealkylation sites (N-methyl/N-ethyl adjacent to an activating group) is 2. The molecular formula is C12H22N4O. The fourth-order valence-corrected chi connectivity index (χ4v) is 2.45. The first-order chi connectivity index (χ1) is 8.08. The van der Waals surface area contributed by atoms with E-state index in [4.69, 9.17) is 0 Å². The zero-order valence-electron chi connectivity index (χ0n) is 10.9. The number of hydrogen-bond donors (Lipinski definition) is 1. The molecule has 96 valence electrons. The minimum Gasteiger partial charge on any atom is -0.387 e. The maximum Gasteiger partial charge on any atom is 0.0971 e. The van der Waals surface area contributed by atoms with Crippen molar-refractivity contribution in [2.45, 2.75) is 18.6 Å². The van der Waals surface area contributed by atoms with Gasteiger partial charge in [-0.1, -0.05) is 0 Å². The lowest BCUT2D eigenvalue weighted by Crippen LogP contribution is -2.50. The topological polar surface area (TPSA) is 44.5 Å². The first kappa shape index (κ1) is 12.5. The van der Waals surface area contributed by atoms with Gasteiger partial charge in [0.2, 0.25) is 0 Å². The van der Waals surface area contributed by atoms with Gasteiger partial charge < -0.3 is 14.9 Å². The number of aliphatic hydroxyl groups is 1. The molecule has 17 heavy (non-hydrogen) atoms. The predicted molar refractivity (Wildman–Crippen MR) is 66.7 cm³/mol. The Morgan fingerprint density at radius 1 is 1.41 bits per heavy atom. The van der Waals surface area contributed by atoms with Crippen LogP contribution in [0.5, 0.6) is 0 Å². The van der Waals surface area contributed by atoms with E-state index < -0.39 is 6.10 Å². The highest BCUT2D eigenvalue weighted by molar-refractivity contribution is 5.04. The molecule has 2 heterocycles. The fraction of sp³-hybridized carbons (Fsp3) is 0.750. The molecule has 1 aliphatic heterocycles. The number of rotatable bonds is 3. The predicted octanol–water partition coefficient (Wildman–Crippen LogP) is 0.0894. The molecule has 2 atom stereocenters. The van der Waals surface area contributed by atoms with Crippen molar-refractivity contribution in [1.82, 2.24) is 19.6 Å². The third-order valence-electron chi connectivity index (χ3n) is 3.68. The summed E-state index contributed by atoms with van der Waals surface area (Å²) in [6.07, 6.45) is 2.07. The van der Waals surface area contributed by atoms with Crippen molar-refractivity contribution < 1.29 is 5.11 Å². The molecule has 2 rings (SSSR count). The summed E-state index contributed by atoms with van der Waals surface area (Å²) >= 11 is 0. The van der Waals surface area contributed by atoms with E-state index >= 15 is 0 Å². The second-order valence-corrected chi connectivity index (χ2v) is 5.03. The first-order valence-electron chi connectivity index (χ1n) is 6.12. The standard InChI is InChI=1S/C12H22N4O/c1-14-6-7-15(2)10(9-14)8-12(17)11-4-5-13-16(11)3/h4-5,10,12,17H,6-9H2,1-3H3. The van der Waals surface area contributed by atoms with Crippen molar-refractivity contribution in [2.24, 2.45) is 7.05 Å². The molecule has 1 N–H and O–H groups in total. The maximum absolute atomic E-state index is 10.2. The minimum absolute atomic E-state index is 0.415. The van der Waals surface area contributed by atoms with Crippen LogP contribution in [0.2, 0.25) is 0 Å². The van der Waals surface area contributed by atoms with Crippen molar-refractivity contribution in [3.8, 4) is 0 Å². The number of piperazine rings is 1. The molecule has 0 aromatic carbocycles. The Bertz CT molecular complexity index is 365. The monoisotopic (exact) mass is 238 g/mol.